The Morgan fingerprint density at radius 1 is 1.19 bits per heavy atom. The molecule has 11 heteroatoms. The quantitative estimate of drug-likeness (QED) is 0.404. The Kier molecular flexibility index (Phi) is 7.73. The number of hydrogen-bond acceptors (Lipinski definition) is 8. The van der Waals surface area contributed by atoms with E-state index in [1.807, 2.05) is 24.9 Å². The van der Waals surface area contributed by atoms with Gasteiger partial charge in [0, 0.05) is 56.3 Å². The van der Waals surface area contributed by atoms with Gasteiger partial charge < -0.3 is 24.3 Å². The lowest BCUT2D eigenvalue weighted by Crippen LogP contribution is -2.54. The zero-order valence-corrected chi connectivity index (χ0v) is 25.4. The molecule has 226 valence electrons. The SMILES string of the molecule is C=C(F)C(=O)N1CCN(c2c(C#N)c(OC[C@@H]3CCCN3C)nc3c2CCN(c2c(C)ccc4cnn(C)c24)C3)C[C@H]1C. The molecule has 1 aromatic carbocycles. The first kappa shape index (κ1) is 28.9. The molecule has 3 aromatic rings. The van der Waals surface area contributed by atoms with Gasteiger partial charge in [0.2, 0.25) is 5.88 Å². The number of likely N-dealkylation sites (N-methyl/N-ethyl adjacent to an activating group) is 1. The van der Waals surface area contributed by atoms with E-state index in [1.54, 1.807) is 0 Å². The van der Waals surface area contributed by atoms with E-state index < -0.39 is 11.7 Å². The molecule has 6 rings (SSSR count). The molecule has 2 aromatic heterocycles. The van der Waals surface area contributed by atoms with Gasteiger partial charge in [-0.1, -0.05) is 18.7 Å². The number of carbonyl (C=O) groups excluding carboxylic acids is 1. The molecule has 10 nitrogen and oxygen atoms in total. The maximum atomic E-state index is 13.7. The normalized spacial score (nSPS) is 20.8. The predicted molar refractivity (Wildman–Crippen MR) is 164 cm³/mol. The van der Waals surface area contributed by atoms with Gasteiger partial charge in [-0.15, -0.1) is 0 Å². The summed E-state index contributed by atoms with van der Waals surface area (Å²) >= 11 is 0. The first-order valence-corrected chi connectivity index (χ1v) is 15.0. The lowest BCUT2D eigenvalue weighted by molar-refractivity contribution is -0.131. The van der Waals surface area contributed by atoms with Crippen molar-refractivity contribution in [3.8, 4) is 11.9 Å². The molecule has 2 fully saturated rings. The maximum absolute atomic E-state index is 13.7. The van der Waals surface area contributed by atoms with Crippen LogP contribution in [0.15, 0.2) is 30.7 Å². The zero-order chi connectivity index (χ0) is 30.4. The average Bonchev–Trinajstić information content (AvgIpc) is 3.58. The van der Waals surface area contributed by atoms with Gasteiger partial charge in [-0.05, 0) is 52.3 Å². The van der Waals surface area contributed by atoms with Crippen LogP contribution in [0.3, 0.4) is 0 Å². The van der Waals surface area contributed by atoms with E-state index in [4.69, 9.17) is 9.72 Å². The van der Waals surface area contributed by atoms with Crippen LogP contribution in [0.2, 0.25) is 0 Å². The number of anilines is 2. The third-order valence-electron chi connectivity index (χ3n) is 9.32. The number of piperazine rings is 1. The highest BCUT2D eigenvalue weighted by Crippen LogP contribution is 2.40. The molecule has 43 heavy (non-hydrogen) atoms. The van der Waals surface area contributed by atoms with Crippen molar-refractivity contribution < 1.29 is 13.9 Å². The van der Waals surface area contributed by atoms with Gasteiger partial charge in [0.25, 0.3) is 5.91 Å². The van der Waals surface area contributed by atoms with E-state index >= 15 is 0 Å². The lowest BCUT2D eigenvalue weighted by Gasteiger charge is -2.42. The van der Waals surface area contributed by atoms with Gasteiger partial charge in [0.15, 0.2) is 5.83 Å². The molecule has 1 amide bonds. The topological polar surface area (TPSA) is 93.8 Å². The van der Waals surface area contributed by atoms with Crippen molar-refractivity contribution in [1.82, 2.24) is 24.6 Å². The van der Waals surface area contributed by atoms with Gasteiger partial charge in [-0.25, -0.2) is 9.37 Å². The highest BCUT2D eigenvalue weighted by molar-refractivity contribution is 5.93. The van der Waals surface area contributed by atoms with Gasteiger partial charge >= 0.3 is 0 Å². The molecule has 0 spiro atoms. The molecule has 0 N–H and O–H groups in total. The smallest absolute Gasteiger partial charge is 0.282 e. The molecular weight excluding hydrogens is 547 g/mol. The number of likely N-dealkylation sites (tertiary alicyclic amines) is 1. The molecule has 0 radical (unpaired) electrons. The summed E-state index contributed by atoms with van der Waals surface area (Å²) < 4.78 is 22.0. The number of pyridine rings is 1. The van der Waals surface area contributed by atoms with E-state index in [9.17, 15) is 14.4 Å². The molecule has 3 aliphatic rings. The Morgan fingerprint density at radius 3 is 2.70 bits per heavy atom. The lowest BCUT2D eigenvalue weighted by atomic mass is 9.96. The standard InChI is InChI=1S/C32H39FN8O2/c1-20-8-9-23-16-35-38(5)29(23)28(20)39-12-10-25-27(18-39)36-31(43-19-24-7-6-11-37(24)4)26(15-34)30(25)40-13-14-41(21(2)17-40)32(42)22(3)33/h8-9,16,21,24H,3,6-7,10-14,17-19H2,1-2,4-5H3/t21-,24+/m1/s1. The largest absolute Gasteiger partial charge is 0.475 e. The molecule has 0 unspecified atom stereocenters. The van der Waals surface area contributed by atoms with E-state index in [1.165, 1.54) is 10.5 Å². The molecular formula is C32H39FN8O2. The van der Waals surface area contributed by atoms with E-state index in [0.717, 1.165) is 59.5 Å². The van der Waals surface area contributed by atoms with Crippen molar-refractivity contribution >= 4 is 28.2 Å². The molecule has 2 atom stereocenters. The summed E-state index contributed by atoms with van der Waals surface area (Å²) in [6.45, 7) is 11.3. The van der Waals surface area contributed by atoms with Crippen LogP contribution in [0.1, 0.15) is 42.1 Å². The van der Waals surface area contributed by atoms with Crippen LogP contribution in [-0.2, 0) is 24.8 Å². The van der Waals surface area contributed by atoms with E-state index in [-0.39, 0.29) is 12.1 Å². The minimum absolute atomic E-state index is 0.259. The first-order valence-electron chi connectivity index (χ1n) is 15.0. The van der Waals surface area contributed by atoms with Crippen molar-refractivity contribution in [1.29, 1.82) is 5.26 Å². The number of nitriles is 1. The van der Waals surface area contributed by atoms with Crippen LogP contribution in [0.4, 0.5) is 15.8 Å². The highest BCUT2D eigenvalue weighted by Gasteiger charge is 2.35. The number of benzene rings is 1. The molecule has 0 saturated carbocycles. The maximum Gasteiger partial charge on any atom is 0.282 e. The van der Waals surface area contributed by atoms with Gasteiger partial charge in [-0.2, -0.15) is 10.4 Å². The second kappa shape index (κ2) is 11.5. The minimum Gasteiger partial charge on any atom is -0.475 e. The monoisotopic (exact) mass is 586 g/mol. The molecule has 3 aliphatic heterocycles. The number of ether oxygens (including phenoxy) is 1. The number of carbonyl (C=O) groups is 1. The Morgan fingerprint density at radius 2 is 2.00 bits per heavy atom. The summed E-state index contributed by atoms with van der Waals surface area (Å²) in [6.07, 6.45) is 4.76. The molecule has 0 aliphatic carbocycles. The summed E-state index contributed by atoms with van der Waals surface area (Å²) in [5.74, 6) is -1.27. The van der Waals surface area contributed by atoms with Crippen LogP contribution in [0, 0.1) is 18.3 Å². The van der Waals surface area contributed by atoms with Gasteiger partial charge in [-0.3, -0.25) is 9.48 Å². The predicted octanol–water partition coefficient (Wildman–Crippen LogP) is 3.70. The summed E-state index contributed by atoms with van der Waals surface area (Å²) in [5.41, 5.74) is 6.57. The number of aromatic nitrogens is 3. The average molecular weight is 587 g/mol. The fourth-order valence-corrected chi connectivity index (χ4v) is 7.01. The molecule has 0 bridgehead atoms. The number of amides is 1. The van der Waals surface area contributed by atoms with Crippen molar-refractivity contribution in [2.24, 2.45) is 7.05 Å². The van der Waals surface area contributed by atoms with Gasteiger partial charge in [0.05, 0.1) is 35.3 Å². The molecule has 5 heterocycles. The number of aryl methyl sites for hydroxylation is 2. The van der Waals surface area contributed by atoms with E-state index in [0.29, 0.717) is 50.7 Å². The second-order valence-electron chi connectivity index (χ2n) is 12.1. The fraction of sp³-hybridized carbons (Fsp3) is 0.500. The van der Waals surface area contributed by atoms with Gasteiger partial charge in [0.1, 0.15) is 18.2 Å². The first-order chi connectivity index (χ1) is 20.7. The van der Waals surface area contributed by atoms with Crippen LogP contribution in [0.25, 0.3) is 10.9 Å². The van der Waals surface area contributed by atoms with Crippen molar-refractivity contribution in [2.75, 3.05) is 56.2 Å². The highest BCUT2D eigenvalue weighted by atomic mass is 19.1. The Balaban J connectivity index is 1.39. The Labute approximate surface area is 251 Å². The van der Waals surface area contributed by atoms with Crippen molar-refractivity contribution in [2.45, 2.75) is 51.7 Å². The zero-order valence-electron chi connectivity index (χ0n) is 25.4. The number of halogens is 1. The Bertz CT molecular complexity index is 1630. The van der Waals surface area contributed by atoms with Crippen molar-refractivity contribution in [3.05, 3.63) is 53.1 Å². The third kappa shape index (κ3) is 5.18. The van der Waals surface area contributed by atoms with Crippen LogP contribution >= 0.6 is 0 Å². The molecule has 2 saturated heterocycles. The minimum atomic E-state index is -0.953. The van der Waals surface area contributed by atoms with Crippen LogP contribution in [0.5, 0.6) is 5.88 Å². The number of hydrogen-bond donors (Lipinski definition) is 0. The fourth-order valence-electron chi connectivity index (χ4n) is 7.01. The second-order valence-corrected chi connectivity index (χ2v) is 12.1. The number of rotatable bonds is 6. The number of nitrogens with zero attached hydrogens (tertiary/aromatic N) is 8. The third-order valence-corrected chi connectivity index (χ3v) is 9.32. The van der Waals surface area contributed by atoms with E-state index in [2.05, 4.69) is 58.6 Å². The van der Waals surface area contributed by atoms with Crippen LogP contribution in [-0.4, -0.2) is 88.9 Å². The Hall–Kier alpha value is -4.17. The summed E-state index contributed by atoms with van der Waals surface area (Å²) in [7, 11) is 4.07. The summed E-state index contributed by atoms with van der Waals surface area (Å²) in [5, 5.41) is 16.1. The van der Waals surface area contributed by atoms with Crippen LogP contribution < -0.4 is 14.5 Å². The number of fused-ring (bicyclic) bond motifs is 2. The van der Waals surface area contributed by atoms with Crippen molar-refractivity contribution in [3.63, 3.8) is 0 Å². The summed E-state index contributed by atoms with van der Waals surface area (Å²) in [6, 6.07) is 6.67. The summed E-state index contributed by atoms with van der Waals surface area (Å²) in [4.78, 5) is 25.8.